The Morgan fingerprint density at radius 3 is 2.71 bits per heavy atom. The van der Waals surface area contributed by atoms with Crippen LogP contribution in [0.15, 0.2) is 30.5 Å². The minimum absolute atomic E-state index is 0.171. The van der Waals surface area contributed by atoms with Crippen molar-refractivity contribution in [3.63, 3.8) is 0 Å². The Kier molecular flexibility index (Phi) is 3.86. The SMILES string of the molecule is CC1(C)CCC(=O)N1c1ccc2[nH]nc(-c3cnnc(N4CCCC4)c3)c2c1. The highest BCUT2D eigenvalue weighted by Gasteiger charge is 2.38. The minimum atomic E-state index is -0.171. The summed E-state index contributed by atoms with van der Waals surface area (Å²) in [5.41, 5.74) is 3.48. The lowest BCUT2D eigenvalue weighted by molar-refractivity contribution is -0.117. The molecule has 0 spiro atoms. The molecule has 1 N–H and O–H groups in total. The number of anilines is 2. The zero-order valence-corrected chi connectivity index (χ0v) is 16.3. The van der Waals surface area contributed by atoms with Gasteiger partial charge in [-0.15, -0.1) is 5.10 Å². The van der Waals surface area contributed by atoms with Crippen LogP contribution in [-0.4, -0.2) is 44.9 Å². The van der Waals surface area contributed by atoms with E-state index in [-0.39, 0.29) is 11.4 Å². The molecule has 3 aromatic rings. The van der Waals surface area contributed by atoms with Crippen molar-refractivity contribution in [2.75, 3.05) is 22.9 Å². The van der Waals surface area contributed by atoms with E-state index >= 15 is 0 Å². The molecule has 0 atom stereocenters. The third kappa shape index (κ3) is 2.73. The summed E-state index contributed by atoms with van der Waals surface area (Å²) in [6.07, 6.45) is 5.61. The molecule has 2 aliphatic heterocycles. The van der Waals surface area contributed by atoms with Gasteiger partial charge in [-0.05, 0) is 57.4 Å². The Morgan fingerprint density at radius 2 is 1.96 bits per heavy atom. The molecule has 2 saturated heterocycles. The van der Waals surface area contributed by atoms with E-state index < -0.39 is 0 Å². The Labute approximate surface area is 163 Å². The van der Waals surface area contributed by atoms with Crippen LogP contribution in [0.5, 0.6) is 0 Å². The highest BCUT2D eigenvalue weighted by molar-refractivity contribution is 6.01. The molecule has 7 nitrogen and oxygen atoms in total. The molecule has 2 fully saturated rings. The third-order valence-corrected chi connectivity index (χ3v) is 5.96. The van der Waals surface area contributed by atoms with Gasteiger partial charge in [-0.3, -0.25) is 9.89 Å². The maximum atomic E-state index is 12.5. The van der Waals surface area contributed by atoms with Crippen LogP contribution < -0.4 is 9.80 Å². The maximum Gasteiger partial charge on any atom is 0.227 e. The van der Waals surface area contributed by atoms with Crippen molar-refractivity contribution in [1.29, 1.82) is 0 Å². The van der Waals surface area contributed by atoms with Gasteiger partial charge in [0.05, 0.1) is 11.7 Å². The minimum Gasteiger partial charge on any atom is -0.355 e. The molecule has 1 amide bonds. The van der Waals surface area contributed by atoms with Crippen LogP contribution in [0.2, 0.25) is 0 Å². The highest BCUT2D eigenvalue weighted by atomic mass is 16.2. The average Bonchev–Trinajstić information content (AvgIpc) is 3.41. The van der Waals surface area contributed by atoms with E-state index in [1.807, 2.05) is 17.0 Å². The third-order valence-electron chi connectivity index (χ3n) is 5.96. The van der Waals surface area contributed by atoms with Crippen LogP contribution in [0.3, 0.4) is 0 Å². The predicted molar refractivity (Wildman–Crippen MR) is 109 cm³/mol. The Hall–Kier alpha value is -2.96. The number of rotatable bonds is 3. The van der Waals surface area contributed by atoms with Gasteiger partial charge in [0.1, 0.15) is 5.69 Å². The molecule has 0 unspecified atom stereocenters. The normalized spacial score (nSPS) is 19.1. The quantitative estimate of drug-likeness (QED) is 0.757. The molecule has 28 heavy (non-hydrogen) atoms. The zero-order valence-electron chi connectivity index (χ0n) is 16.3. The second-order valence-electron chi connectivity index (χ2n) is 8.34. The summed E-state index contributed by atoms with van der Waals surface area (Å²) in [4.78, 5) is 16.7. The highest BCUT2D eigenvalue weighted by Crippen LogP contribution is 2.37. The number of amides is 1. The van der Waals surface area contributed by atoms with Crippen molar-refractivity contribution in [2.45, 2.75) is 45.1 Å². The van der Waals surface area contributed by atoms with Crippen LogP contribution >= 0.6 is 0 Å². The lowest BCUT2D eigenvalue weighted by atomic mass is 10.0. The van der Waals surface area contributed by atoms with Gasteiger partial charge in [0.25, 0.3) is 0 Å². The molecule has 4 heterocycles. The number of fused-ring (bicyclic) bond motifs is 1. The molecule has 2 aliphatic rings. The van der Waals surface area contributed by atoms with E-state index in [9.17, 15) is 4.79 Å². The zero-order chi connectivity index (χ0) is 19.3. The Morgan fingerprint density at radius 1 is 1.14 bits per heavy atom. The Balaban J connectivity index is 1.58. The van der Waals surface area contributed by atoms with Crippen molar-refractivity contribution in [1.82, 2.24) is 20.4 Å². The van der Waals surface area contributed by atoms with E-state index in [4.69, 9.17) is 0 Å². The smallest absolute Gasteiger partial charge is 0.227 e. The molecule has 0 radical (unpaired) electrons. The van der Waals surface area contributed by atoms with Gasteiger partial charge in [-0.2, -0.15) is 10.2 Å². The molecule has 0 bridgehead atoms. The average molecular weight is 376 g/mol. The Bertz CT molecular complexity index is 1050. The van der Waals surface area contributed by atoms with Gasteiger partial charge >= 0.3 is 0 Å². The summed E-state index contributed by atoms with van der Waals surface area (Å²) in [5, 5.41) is 17.2. The first-order valence-electron chi connectivity index (χ1n) is 9.92. The van der Waals surface area contributed by atoms with E-state index in [1.165, 1.54) is 12.8 Å². The summed E-state index contributed by atoms with van der Waals surface area (Å²) in [6.45, 7) is 6.28. The molecule has 0 aliphatic carbocycles. The number of nitrogens with zero attached hydrogens (tertiary/aromatic N) is 5. The van der Waals surface area contributed by atoms with Crippen molar-refractivity contribution < 1.29 is 4.79 Å². The lowest BCUT2D eigenvalue weighted by Gasteiger charge is -2.31. The standard InChI is InChI=1S/C21H24N6O/c1-21(2)8-7-19(28)27(21)15-5-6-17-16(12-15)20(25-23-17)14-11-18(24-22-13-14)26-9-3-4-10-26/h5-6,11-13H,3-4,7-10H2,1-2H3,(H,23,25). The van der Waals surface area contributed by atoms with E-state index in [2.05, 4.69) is 51.3 Å². The van der Waals surface area contributed by atoms with Crippen LogP contribution in [0.25, 0.3) is 22.2 Å². The number of carbonyl (C=O) groups is 1. The molecule has 2 aromatic heterocycles. The summed E-state index contributed by atoms with van der Waals surface area (Å²) in [6, 6.07) is 8.12. The first-order chi connectivity index (χ1) is 13.5. The lowest BCUT2D eigenvalue weighted by Crippen LogP contribution is -2.40. The molecule has 144 valence electrons. The second-order valence-corrected chi connectivity index (χ2v) is 8.34. The molecule has 7 heteroatoms. The number of nitrogens with one attached hydrogen (secondary N) is 1. The fourth-order valence-corrected chi connectivity index (χ4v) is 4.41. The van der Waals surface area contributed by atoms with Gasteiger partial charge in [0.15, 0.2) is 5.82 Å². The van der Waals surface area contributed by atoms with Crippen LogP contribution in [0, 0.1) is 0 Å². The second kappa shape index (κ2) is 6.29. The molecular formula is C21H24N6O. The first-order valence-corrected chi connectivity index (χ1v) is 9.92. The van der Waals surface area contributed by atoms with Gasteiger partial charge < -0.3 is 9.80 Å². The fourth-order valence-electron chi connectivity index (χ4n) is 4.41. The number of aromatic nitrogens is 4. The van der Waals surface area contributed by atoms with Crippen LogP contribution in [-0.2, 0) is 4.79 Å². The van der Waals surface area contributed by atoms with Gasteiger partial charge in [0.2, 0.25) is 5.91 Å². The van der Waals surface area contributed by atoms with Crippen molar-refractivity contribution in [3.05, 3.63) is 30.5 Å². The van der Waals surface area contributed by atoms with Gasteiger partial charge in [0, 0.05) is 41.7 Å². The van der Waals surface area contributed by atoms with E-state index in [1.54, 1.807) is 6.20 Å². The van der Waals surface area contributed by atoms with E-state index in [0.29, 0.717) is 6.42 Å². The molecule has 5 rings (SSSR count). The van der Waals surface area contributed by atoms with E-state index in [0.717, 1.165) is 53.2 Å². The molecule has 0 saturated carbocycles. The number of hydrogen-bond acceptors (Lipinski definition) is 5. The summed E-state index contributed by atoms with van der Waals surface area (Å²) < 4.78 is 0. The molecular weight excluding hydrogens is 352 g/mol. The van der Waals surface area contributed by atoms with Crippen molar-refractivity contribution in [2.24, 2.45) is 0 Å². The van der Waals surface area contributed by atoms with Gasteiger partial charge in [-0.25, -0.2) is 0 Å². The van der Waals surface area contributed by atoms with Crippen LogP contribution in [0.1, 0.15) is 39.5 Å². The largest absolute Gasteiger partial charge is 0.355 e. The summed E-state index contributed by atoms with van der Waals surface area (Å²) in [7, 11) is 0. The monoisotopic (exact) mass is 376 g/mol. The number of benzene rings is 1. The number of aromatic amines is 1. The summed E-state index contributed by atoms with van der Waals surface area (Å²) in [5.74, 6) is 1.08. The number of hydrogen-bond donors (Lipinski definition) is 1. The number of H-pyrrole nitrogens is 1. The number of carbonyl (C=O) groups excluding carboxylic acids is 1. The van der Waals surface area contributed by atoms with Crippen LogP contribution in [0.4, 0.5) is 11.5 Å². The maximum absolute atomic E-state index is 12.5. The summed E-state index contributed by atoms with van der Waals surface area (Å²) >= 11 is 0. The van der Waals surface area contributed by atoms with Gasteiger partial charge in [-0.1, -0.05) is 0 Å². The fraction of sp³-hybridized carbons (Fsp3) is 0.429. The first kappa shape index (κ1) is 17.2. The molecule has 1 aromatic carbocycles. The predicted octanol–water partition coefficient (Wildman–Crippen LogP) is 3.53. The van der Waals surface area contributed by atoms with Crippen molar-refractivity contribution in [3.8, 4) is 11.3 Å². The topological polar surface area (TPSA) is 78.0 Å². The van der Waals surface area contributed by atoms with Crippen molar-refractivity contribution >= 4 is 28.3 Å².